The van der Waals surface area contributed by atoms with E-state index in [0.29, 0.717) is 16.4 Å². The molecule has 1 aromatic heterocycles. The highest BCUT2D eigenvalue weighted by Crippen LogP contribution is 2.22. The number of hydrogen-bond donors (Lipinski definition) is 1. The Bertz CT molecular complexity index is 830. The van der Waals surface area contributed by atoms with E-state index >= 15 is 0 Å². The minimum absolute atomic E-state index is 0.0967. The van der Waals surface area contributed by atoms with Crippen molar-refractivity contribution < 1.29 is 4.79 Å². The van der Waals surface area contributed by atoms with E-state index in [4.69, 9.17) is 17.3 Å². The lowest BCUT2D eigenvalue weighted by molar-refractivity contribution is 0.0988. The summed E-state index contributed by atoms with van der Waals surface area (Å²) in [5.74, 6) is -0.0967. The highest BCUT2D eigenvalue weighted by Gasteiger charge is 2.13. The molecule has 1 heterocycles. The van der Waals surface area contributed by atoms with Crippen LogP contribution in [0, 0.1) is 0 Å². The molecule has 0 spiro atoms. The number of aromatic nitrogens is 1. The van der Waals surface area contributed by atoms with Gasteiger partial charge in [-0.1, -0.05) is 48.0 Å². The van der Waals surface area contributed by atoms with Gasteiger partial charge in [0.05, 0.1) is 5.52 Å². The number of anilines is 1. The van der Waals surface area contributed by atoms with Crippen LogP contribution in [0.25, 0.3) is 10.9 Å². The van der Waals surface area contributed by atoms with Crippen LogP contribution in [0.4, 0.5) is 5.69 Å². The standard InChI is InChI=1S/C17H13ClN2O/c18-13-7-3-1-5-11(13)9-17(21)16-10-14(19)12-6-2-4-8-15(12)20-16/h1-8,10H,9H2,(H2,19,20). The van der Waals surface area contributed by atoms with Gasteiger partial charge in [-0.15, -0.1) is 0 Å². The molecule has 0 saturated heterocycles. The predicted molar refractivity (Wildman–Crippen MR) is 85.6 cm³/mol. The molecule has 3 aromatic rings. The Hall–Kier alpha value is -2.39. The van der Waals surface area contributed by atoms with Crippen LogP contribution in [0.1, 0.15) is 16.1 Å². The van der Waals surface area contributed by atoms with Crippen molar-refractivity contribution >= 4 is 34.0 Å². The summed E-state index contributed by atoms with van der Waals surface area (Å²) in [5.41, 5.74) is 8.44. The average molecular weight is 297 g/mol. The van der Waals surface area contributed by atoms with E-state index in [0.717, 1.165) is 16.5 Å². The third kappa shape index (κ3) is 2.73. The number of benzene rings is 2. The number of nitrogens with zero attached hydrogens (tertiary/aromatic N) is 1. The Morgan fingerprint density at radius 3 is 2.62 bits per heavy atom. The number of pyridine rings is 1. The third-order valence-electron chi connectivity index (χ3n) is 3.34. The number of para-hydroxylation sites is 1. The molecule has 0 unspecified atom stereocenters. The first-order chi connectivity index (χ1) is 10.1. The molecule has 104 valence electrons. The Balaban J connectivity index is 1.97. The zero-order chi connectivity index (χ0) is 14.8. The zero-order valence-electron chi connectivity index (χ0n) is 11.2. The topological polar surface area (TPSA) is 56.0 Å². The summed E-state index contributed by atoms with van der Waals surface area (Å²) >= 11 is 6.08. The number of halogens is 1. The maximum absolute atomic E-state index is 12.4. The lowest BCUT2D eigenvalue weighted by Crippen LogP contribution is -2.07. The number of carbonyl (C=O) groups is 1. The van der Waals surface area contributed by atoms with Crippen molar-refractivity contribution in [3.8, 4) is 0 Å². The van der Waals surface area contributed by atoms with Crippen LogP contribution in [0.2, 0.25) is 5.02 Å². The zero-order valence-corrected chi connectivity index (χ0v) is 12.0. The van der Waals surface area contributed by atoms with Gasteiger partial charge in [-0.3, -0.25) is 4.79 Å². The van der Waals surface area contributed by atoms with E-state index in [1.807, 2.05) is 42.5 Å². The van der Waals surface area contributed by atoms with Gasteiger partial charge in [0.1, 0.15) is 5.69 Å². The molecule has 0 atom stereocenters. The van der Waals surface area contributed by atoms with Crippen molar-refractivity contribution in [2.24, 2.45) is 0 Å². The van der Waals surface area contributed by atoms with E-state index in [2.05, 4.69) is 4.98 Å². The number of rotatable bonds is 3. The van der Waals surface area contributed by atoms with E-state index in [1.54, 1.807) is 12.1 Å². The molecule has 0 aliphatic carbocycles. The predicted octanol–water partition coefficient (Wildman–Crippen LogP) is 3.90. The Morgan fingerprint density at radius 2 is 1.81 bits per heavy atom. The summed E-state index contributed by atoms with van der Waals surface area (Å²) < 4.78 is 0. The number of nitrogen functional groups attached to an aromatic ring is 1. The second kappa shape index (κ2) is 5.54. The summed E-state index contributed by atoms with van der Waals surface area (Å²) in [6.07, 6.45) is 0.213. The maximum Gasteiger partial charge on any atom is 0.185 e. The first-order valence-electron chi connectivity index (χ1n) is 6.57. The highest BCUT2D eigenvalue weighted by molar-refractivity contribution is 6.31. The largest absolute Gasteiger partial charge is 0.398 e. The first kappa shape index (κ1) is 13.6. The lowest BCUT2D eigenvalue weighted by Gasteiger charge is -2.06. The van der Waals surface area contributed by atoms with E-state index in [9.17, 15) is 4.79 Å². The number of fused-ring (bicyclic) bond motifs is 1. The third-order valence-corrected chi connectivity index (χ3v) is 3.71. The van der Waals surface area contributed by atoms with Crippen LogP contribution in [0.5, 0.6) is 0 Å². The van der Waals surface area contributed by atoms with Crippen LogP contribution < -0.4 is 5.73 Å². The molecule has 21 heavy (non-hydrogen) atoms. The molecule has 0 aliphatic heterocycles. The number of Topliss-reactive ketones (excluding diaryl/α,β-unsaturated/α-hetero) is 1. The number of hydrogen-bond acceptors (Lipinski definition) is 3. The summed E-state index contributed by atoms with van der Waals surface area (Å²) in [6, 6.07) is 16.4. The molecule has 2 N–H and O–H groups in total. The number of ketones is 1. The van der Waals surface area contributed by atoms with Gasteiger partial charge in [-0.05, 0) is 23.8 Å². The van der Waals surface area contributed by atoms with Gasteiger partial charge in [0.2, 0.25) is 0 Å². The fourth-order valence-electron chi connectivity index (χ4n) is 2.25. The van der Waals surface area contributed by atoms with E-state index < -0.39 is 0 Å². The van der Waals surface area contributed by atoms with E-state index in [-0.39, 0.29) is 12.2 Å². The van der Waals surface area contributed by atoms with Gasteiger partial charge in [0.15, 0.2) is 5.78 Å². The van der Waals surface area contributed by atoms with Crippen molar-refractivity contribution in [1.29, 1.82) is 0 Å². The van der Waals surface area contributed by atoms with Crippen molar-refractivity contribution in [3.63, 3.8) is 0 Å². The van der Waals surface area contributed by atoms with Crippen LogP contribution in [-0.4, -0.2) is 10.8 Å². The average Bonchev–Trinajstić information content (AvgIpc) is 2.49. The first-order valence-corrected chi connectivity index (χ1v) is 6.95. The molecule has 3 rings (SSSR count). The van der Waals surface area contributed by atoms with Crippen LogP contribution in [-0.2, 0) is 6.42 Å². The summed E-state index contributed by atoms with van der Waals surface area (Å²) in [6.45, 7) is 0. The van der Waals surface area contributed by atoms with Gasteiger partial charge < -0.3 is 5.73 Å². The van der Waals surface area contributed by atoms with Crippen molar-refractivity contribution in [1.82, 2.24) is 4.98 Å². The van der Waals surface area contributed by atoms with Crippen LogP contribution >= 0.6 is 11.6 Å². The van der Waals surface area contributed by atoms with Crippen LogP contribution in [0.15, 0.2) is 54.6 Å². The molecule has 0 aliphatic rings. The molecule has 0 saturated carbocycles. The van der Waals surface area contributed by atoms with Gasteiger partial charge in [0.25, 0.3) is 0 Å². The smallest absolute Gasteiger partial charge is 0.185 e. The van der Waals surface area contributed by atoms with Gasteiger partial charge in [0, 0.05) is 22.5 Å². The van der Waals surface area contributed by atoms with Crippen LogP contribution in [0.3, 0.4) is 0 Å². The summed E-state index contributed by atoms with van der Waals surface area (Å²) in [7, 11) is 0. The molecule has 2 aromatic carbocycles. The quantitative estimate of drug-likeness (QED) is 0.746. The molecule has 0 amide bonds. The molecular weight excluding hydrogens is 284 g/mol. The van der Waals surface area contributed by atoms with Gasteiger partial charge in [-0.2, -0.15) is 0 Å². The molecular formula is C17H13ClN2O. The molecule has 4 heteroatoms. The molecule has 3 nitrogen and oxygen atoms in total. The second-order valence-electron chi connectivity index (χ2n) is 4.81. The minimum atomic E-state index is -0.0967. The van der Waals surface area contributed by atoms with Gasteiger partial charge >= 0.3 is 0 Å². The number of carbonyl (C=O) groups excluding carboxylic acids is 1. The maximum atomic E-state index is 12.4. The molecule has 0 bridgehead atoms. The highest BCUT2D eigenvalue weighted by atomic mass is 35.5. The van der Waals surface area contributed by atoms with Crippen molar-refractivity contribution in [2.75, 3.05) is 5.73 Å². The van der Waals surface area contributed by atoms with Crippen molar-refractivity contribution in [2.45, 2.75) is 6.42 Å². The lowest BCUT2D eigenvalue weighted by atomic mass is 10.0. The Kier molecular flexibility index (Phi) is 3.59. The SMILES string of the molecule is Nc1cc(C(=O)Cc2ccccc2Cl)nc2ccccc12. The Morgan fingerprint density at radius 1 is 1.10 bits per heavy atom. The number of nitrogens with two attached hydrogens (primary N) is 1. The second-order valence-corrected chi connectivity index (χ2v) is 5.21. The monoisotopic (exact) mass is 296 g/mol. The normalized spacial score (nSPS) is 10.7. The Labute approximate surface area is 127 Å². The summed E-state index contributed by atoms with van der Waals surface area (Å²) in [5, 5.41) is 1.44. The van der Waals surface area contributed by atoms with Gasteiger partial charge in [-0.25, -0.2) is 4.98 Å². The molecule has 0 radical (unpaired) electrons. The van der Waals surface area contributed by atoms with E-state index in [1.165, 1.54) is 0 Å². The summed E-state index contributed by atoms with van der Waals surface area (Å²) in [4.78, 5) is 16.8. The molecule has 0 fully saturated rings. The minimum Gasteiger partial charge on any atom is -0.398 e. The fourth-order valence-corrected chi connectivity index (χ4v) is 2.45. The van der Waals surface area contributed by atoms with Crippen molar-refractivity contribution in [3.05, 3.63) is 70.9 Å². The fraction of sp³-hybridized carbons (Fsp3) is 0.0588.